The third-order valence-electron chi connectivity index (χ3n) is 2.96. The maximum absolute atomic E-state index is 9.32. The van der Waals surface area contributed by atoms with Gasteiger partial charge in [-0.1, -0.05) is 31.5 Å². The largest absolute Gasteiger partial charge is 0.437 e. The van der Waals surface area contributed by atoms with E-state index in [-0.39, 0.29) is 12.5 Å². The second-order valence-electron chi connectivity index (χ2n) is 5.09. The molecule has 0 spiro atoms. The van der Waals surface area contributed by atoms with Crippen LogP contribution in [0.5, 0.6) is 11.6 Å². The molecule has 1 aromatic carbocycles. The van der Waals surface area contributed by atoms with Crippen LogP contribution in [0.25, 0.3) is 0 Å². The summed E-state index contributed by atoms with van der Waals surface area (Å²) >= 11 is 6.12. The van der Waals surface area contributed by atoms with Gasteiger partial charge in [0.1, 0.15) is 5.75 Å². The number of aliphatic hydroxyl groups is 1. The molecule has 0 radical (unpaired) electrons. The highest BCUT2D eigenvalue weighted by atomic mass is 35.5. The number of aromatic nitrogens is 1. The summed E-state index contributed by atoms with van der Waals surface area (Å²) in [6.45, 7) is 6.03. The van der Waals surface area contributed by atoms with E-state index in [1.807, 2.05) is 39.0 Å². The molecule has 0 atom stereocenters. The summed E-state index contributed by atoms with van der Waals surface area (Å²) in [7, 11) is 0. The minimum Gasteiger partial charge on any atom is -0.437 e. The molecule has 2 rings (SSSR count). The number of aryl methyl sites for hydroxylation is 1. The highest BCUT2D eigenvalue weighted by molar-refractivity contribution is 6.32. The second-order valence-corrected chi connectivity index (χ2v) is 5.49. The zero-order valence-corrected chi connectivity index (χ0v) is 12.6. The number of nitrogens with zero attached hydrogens (tertiary/aromatic N) is 1. The van der Waals surface area contributed by atoms with Crippen LogP contribution >= 0.6 is 11.6 Å². The second kappa shape index (κ2) is 6.25. The summed E-state index contributed by atoms with van der Waals surface area (Å²) in [5, 5.41) is 9.86. The fraction of sp³-hybridized carbons (Fsp3) is 0.312. The van der Waals surface area contributed by atoms with Gasteiger partial charge in [0.15, 0.2) is 0 Å². The number of hydrogen-bond donors (Lipinski definition) is 1. The van der Waals surface area contributed by atoms with Gasteiger partial charge in [-0.2, -0.15) is 0 Å². The van der Waals surface area contributed by atoms with E-state index in [1.165, 1.54) is 0 Å². The number of rotatable bonds is 4. The van der Waals surface area contributed by atoms with Crippen LogP contribution in [0, 0.1) is 6.92 Å². The lowest BCUT2D eigenvalue weighted by molar-refractivity contribution is 0.280. The van der Waals surface area contributed by atoms with Gasteiger partial charge in [0.2, 0.25) is 5.88 Å². The number of hydrogen-bond acceptors (Lipinski definition) is 3. The summed E-state index contributed by atoms with van der Waals surface area (Å²) in [5.41, 5.74) is 2.73. The van der Waals surface area contributed by atoms with Crippen molar-refractivity contribution in [2.24, 2.45) is 0 Å². The molecule has 0 bridgehead atoms. The van der Waals surface area contributed by atoms with Gasteiger partial charge in [-0.05, 0) is 42.2 Å². The Morgan fingerprint density at radius 3 is 2.65 bits per heavy atom. The molecule has 0 fully saturated rings. The van der Waals surface area contributed by atoms with E-state index in [0.717, 1.165) is 16.8 Å². The Morgan fingerprint density at radius 2 is 2.00 bits per heavy atom. The number of ether oxygens (including phenoxy) is 1. The summed E-state index contributed by atoms with van der Waals surface area (Å²) in [5.74, 6) is 1.29. The first-order valence-electron chi connectivity index (χ1n) is 6.55. The Balaban J connectivity index is 2.37. The Bertz CT molecular complexity index is 611. The van der Waals surface area contributed by atoms with E-state index >= 15 is 0 Å². The monoisotopic (exact) mass is 291 g/mol. The predicted molar refractivity (Wildman–Crippen MR) is 80.5 cm³/mol. The molecule has 106 valence electrons. The van der Waals surface area contributed by atoms with E-state index in [9.17, 15) is 5.11 Å². The quantitative estimate of drug-likeness (QED) is 0.905. The third kappa shape index (κ3) is 3.50. The summed E-state index contributed by atoms with van der Waals surface area (Å²) < 4.78 is 5.77. The van der Waals surface area contributed by atoms with Crippen molar-refractivity contribution in [3.8, 4) is 11.6 Å². The molecule has 0 unspecified atom stereocenters. The number of pyridine rings is 1. The molecular formula is C16H18ClNO2. The first kappa shape index (κ1) is 14.8. The van der Waals surface area contributed by atoms with E-state index in [1.54, 1.807) is 12.1 Å². The average molecular weight is 292 g/mol. The van der Waals surface area contributed by atoms with E-state index < -0.39 is 0 Å². The van der Waals surface area contributed by atoms with Crippen molar-refractivity contribution in [1.82, 2.24) is 4.98 Å². The van der Waals surface area contributed by atoms with Crippen LogP contribution in [-0.4, -0.2) is 10.1 Å². The van der Waals surface area contributed by atoms with Gasteiger partial charge in [0.05, 0.1) is 11.6 Å². The highest BCUT2D eigenvalue weighted by Crippen LogP contribution is 2.30. The minimum atomic E-state index is -0.0415. The molecular weight excluding hydrogens is 274 g/mol. The zero-order valence-electron chi connectivity index (χ0n) is 11.9. The van der Waals surface area contributed by atoms with Crippen molar-refractivity contribution in [2.75, 3.05) is 0 Å². The molecule has 1 N–H and O–H groups in total. The first-order valence-corrected chi connectivity index (χ1v) is 6.93. The normalized spacial score (nSPS) is 10.9. The number of benzene rings is 1. The lowest BCUT2D eigenvalue weighted by atomic mass is 10.1. The smallest absolute Gasteiger partial charge is 0.219 e. The zero-order chi connectivity index (χ0) is 14.7. The molecule has 0 aliphatic heterocycles. The molecule has 20 heavy (non-hydrogen) atoms. The van der Waals surface area contributed by atoms with Crippen LogP contribution in [0.3, 0.4) is 0 Å². The number of aliphatic hydroxyl groups excluding tert-OH is 1. The lowest BCUT2D eigenvalue weighted by Crippen LogP contribution is -1.99. The predicted octanol–water partition coefficient (Wildman–Crippen LogP) is 4.45. The highest BCUT2D eigenvalue weighted by Gasteiger charge is 2.09. The molecule has 0 aliphatic carbocycles. The van der Waals surface area contributed by atoms with Crippen molar-refractivity contribution in [3.05, 3.63) is 52.2 Å². The van der Waals surface area contributed by atoms with E-state index in [0.29, 0.717) is 16.7 Å². The third-order valence-corrected chi connectivity index (χ3v) is 3.27. The minimum absolute atomic E-state index is 0.0415. The van der Waals surface area contributed by atoms with Gasteiger partial charge in [-0.15, -0.1) is 0 Å². The molecule has 0 saturated heterocycles. The Morgan fingerprint density at radius 1 is 1.25 bits per heavy atom. The fourth-order valence-corrected chi connectivity index (χ4v) is 1.98. The van der Waals surface area contributed by atoms with Crippen LogP contribution in [0.15, 0.2) is 30.3 Å². The molecule has 2 aromatic rings. The Hall–Kier alpha value is -1.58. The van der Waals surface area contributed by atoms with Gasteiger partial charge in [0.25, 0.3) is 0 Å². The molecule has 0 amide bonds. The summed E-state index contributed by atoms with van der Waals surface area (Å²) in [4.78, 5) is 4.45. The lowest BCUT2D eigenvalue weighted by Gasteiger charge is -2.12. The average Bonchev–Trinajstić information content (AvgIpc) is 2.42. The molecule has 0 aliphatic rings. The summed E-state index contributed by atoms with van der Waals surface area (Å²) in [6, 6.07) is 9.20. The van der Waals surface area contributed by atoms with Crippen LogP contribution in [0.4, 0.5) is 0 Å². The molecule has 3 nitrogen and oxygen atoms in total. The van der Waals surface area contributed by atoms with E-state index in [2.05, 4.69) is 4.98 Å². The molecule has 1 aromatic heterocycles. The van der Waals surface area contributed by atoms with Gasteiger partial charge in [0, 0.05) is 11.8 Å². The molecule has 1 heterocycles. The van der Waals surface area contributed by atoms with Crippen molar-refractivity contribution in [2.45, 2.75) is 33.3 Å². The topological polar surface area (TPSA) is 42.4 Å². The van der Waals surface area contributed by atoms with Gasteiger partial charge in [-0.25, -0.2) is 4.98 Å². The first-order chi connectivity index (χ1) is 9.49. The van der Waals surface area contributed by atoms with Crippen LogP contribution in [0.1, 0.15) is 36.6 Å². The molecule has 4 heteroatoms. The van der Waals surface area contributed by atoms with Crippen LogP contribution in [0.2, 0.25) is 5.02 Å². The summed E-state index contributed by atoms with van der Waals surface area (Å²) in [6.07, 6.45) is 0. The van der Waals surface area contributed by atoms with Crippen LogP contribution in [-0.2, 0) is 6.61 Å². The number of halogens is 1. The van der Waals surface area contributed by atoms with Crippen molar-refractivity contribution in [3.63, 3.8) is 0 Å². The fourth-order valence-electron chi connectivity index (χ4n) is 1.82. The maximum Gasteiger partial charge on any atom is 0.219 e. The van der Waals surface area contributed by atoms with Crippen molar-refractivity contribution < 1.29 is 9.84 Å². The van der Waals surface area contributed by atoms with Crippen LogP contribution < -0.4 is 4.74 Å². The Labute approximate surface area is 124 Å². The SMILES string of the molecule is Cc1ccc(Cl)c(Oc2cc(CO)cc(C(C)C)n2)c1. The van der Waals surface area contributed by atoms with Crippen molar-refractivity contribution >= 4 is 11.6 Å². The van der Waals surface area contributed by atoms with Gasteiger partial charge < -0.3 is 9.84 Å². The molecule has 0 saturated carbocycles. The van der Waals surface area contributed by atoms with E-state index in [4.69, 9.17) is 16.3 Å². The van der Waals surface area contributed by atoms with Crippen molar-refractivity contribution in [1.29, 1.82) is 0 Å². The maximum atomic E-state index is 9.32. The van der Waals surface area contributed by atoms with Gasteiger partial charge >= 0.3 is 0 Å². The Kier molecular flexibility index (Phi) is 4.63. The standard InChI is InChI=1S/C16H18ClNO2/c1-10(2)14-7-12(9-19)8-16(18-14)20-15-6-11(3)4-5-13(15)17/h4-8,10,19H,9H2,1-3H3. The van der Waals surface area contributed by atoms with Gasteiger partial charge in [-0.3, -0.25) is 0 Å².